The molecule has 2 saturated heterocycles. The standard InChI is InChI=1S/C47H88N3O10PS/c1-3-5-7-9-11-13-15-17-19-21-23-25-27-33-44(52)57-37-40(60-45(53)34-28-26-24-22-20-18-16-14-12-10-8-6-4-2)38-59-61(55,56)58-36-35-48-43(51)32-30-29-31-42-46-41(39-62-42)49-47(54)50-46/h40-42,46H,3-39H2,1-2H3,(H,48,51)(H,55,56)(H2,49,50,54)/t40?,41-,42?,46-/m1/s1. The van der Waals surface area contributed by atoms with Crippen LogP contribution in [0, 0.1) is 0 Å². The number of carbonyl (C=O) groups is 4. The lowest BCUT2D eigenvalue weighted by Gasteiger charge is -2.20. The van der Waals surface area contributed by atoms with Gasteiger partial charge in [-0.3, -0.25) is 23.4 Å². The van der Waals surface area contributed by atoms with Gasteiger partial charge in [-0.2, -0.15) is 11.8 Å². The van der Waals surface area contributed by atoms with Gasteiger partial charge in [0.1, 0.15) is 6.61 Å². The molecule has 0 aliphatic carbocycles. The molecule has 0 bridgehead atoms. The van der Waals surface area contributed by atoms with E-state index in [1.165, 1.54) is 116 Å². The predicted octanol–water partition coefficient (Wildman–Crippen LogP) is 11.4. The monoisotopic (exact) mass is 918 g/mol. The minimum Gasteiger partial charge on any atom is -0.462 e. The summed E-state index contributed by atoms with van der Waals surface area (Å²) in [6, 6.07) is 0.201. The maximum atomic E-state index is 12.8. The molecule has 2 rings (SSSR count). The smallest absolute Gasteiger partial charge is 0.462 e. The number of nitrogens with one attached hydrogen (secondary N) is 3. The number of esters is 2. The van der Waals surface area contributed by atoms with Crippen LogP contribution in [0.4, 0.5) is 4.79 Å². The average molecular weight is 918 g/mol. The van der Waals surface area contributed by atoms with Crippen LogP contribution in [0.5, 0.6) is 0 Å². The normalized spacial score (nSPS) is 18.4. The molecule has 2 aliphatic heterocycles. The minimum absolute atomic E-state index is 0.0149. The summed E-state index contributed by atoms with van der Waals surface area (Å²) in [5, 5.41) is 8.94. The molecule has 0 aromatic rings. The highest BCUT2D eigenvalue weighted by Gasteiger charge is 2.42. The van der Waals surface area contributed by atoms with Crippen molar-refractivity contribution in [1.29, 1.82) is 0 Å². The van der Waals surface area contributed by atoms with E-state index in [-0.39, 0.29) is 56.6 Å². The third-order valence-corrected chi connectivity index (χ3v) is 14.4. The predicted molar refractivity (Wildman–Crippen MR) is 250 cm³/mol. The van der Waals surface area contributed by atoms with Gasteiger partial charge in [0.25, 0.3) is 0 Å². The second-order valence-corrected chi connectivity index (χ2v) is 20.3. The zero-order valence-electron chi connectivity index (χ0n) is 38.9. The van der Waals surface area contributed by atoms with E-state index >= 15 is 0 Å². The van der Waals surface area contributed by atoms with Crippen LogP contribution in [0.15, 0.2) is 0 Å². The number of phosphoric ester groups is 1. The highest BCUT2D eigenvalue weighted by molar-refractivity contribution is 8.00. The van der Waals surface area contributed by atoms with Crippen molar-refractivity contribution >= 4 is 43.5 Å². The van der Waals surface area contributed by atoms with E-state index in [0.29, 0.717) is 30.9 Å². The van der Waals surface area contributed by atoms with Gasteiger partial charge < -0.3 is 30.3 Å². The van der Waals surface area contributed by atoms with E-state index in [2.05, 4.69) is 29.8 Å². The van der Waals surface area contributed by atoms with Gasteiger partial charge in [0.2, 0.25) is 5.91 Å². The first-order valence-electron chi connectivity index (χ1n) is 25.1. The zero-order valence-corrected chi connectivity index (χ0v) is 40.7. The first-order valence-corrected chi connectivity index (χ1v) is 27.6. The third kappa shape index (κ3) is 30.3. The Morgan fingerprint density at radius 1 is 0.661 bits per heavy atom. The first kappa shape index (κ1) is 56.3. The number of ether oxygens (including phenoxy) is 2. The molecule has 4 N–H and O–H groups in total. The molecule has 0 radical (unpaired) electrons. The minimum atomic E-state index is -4.56. The van der Waals surface area contributed by atoms with E-state index in [1.807, 2.05) is 11.8 Å². The van der Waals surface area contributed by atoms with Crippen molar-refractivity contribution in [2.24, 2.45) is 0 Å². The molecular formula is C47H88N3O10PS. The lowest BCUT2D eigenvalue weighted by molar-refractivity contribution is -0.161. The SMILES string of the molecule is CCCCCCCCCCCCCCCC(=O)OCC(COP(=O)(O)OCCNC(=O)CCCCC1SC[C@H]2NC(=O)N[C@@H]12)OC(=O)CCCCCCCCCCCCCCC. The molecule has 15 heteroatoms. The molecule has 0 saturated carbocycles. The summed E-state index contributed by atoms with van der Waals surface area (Å²) in [6.07, 6.45) is 33.3. The van der Waals surface area contributed by atoms with E-state index in [0.717, 1.165) is 57.1 Å². The summed E-state index contributed by atoms with van der Waals surface area (Å²) in [5.74, 6) is -0.175. The van der Waals surface area contributed by atoms with Gasteiger partial charge in [-0.15, -0.1) is 0 Å². The first-order chi connectivity index (χ1) is 30.1. The largest absolute Gasteiger partial charge is 0.472 e. The summed E-state index contributed by atoms with van der Waals surface area (Å²) in [4.78, 5) is 59.6. The summed E-state index contributed by atoms with van der Waals surface area (Å²) in [7, 11) is -4.56. The van der Waals surface area contributed by atoms with Crippen LogP contribution < -0.4 is 16.0 Å². The van der Waals surface area contributed by atoms with Crippen LogP contribution in [0.2, 0.25) is 0 Å². The number of rotatable bonds is 43. The summed E-state index contributed by atoms with van der Waals surface area (Å²) in [6.45, 7) is 3.47. The molecule has 5 atom stereocenters. The molecular weight excluding hydrogens is 830 g/mol. The van der Waals surface area contributed by atoms with Crippen molar-refractivity contribution in [1.82, 2.24) is 16.0 Å². The molecule has 2 fully saturated rings. The molecule has 0 aromatic carbocycles. The van der Waals surface area contributed by atoms with Crippen LogP contribution in [-0.4, -0.2) is 84.3 Å². The highest BCUT2D eigenvalue weighted by atomic mass is 32.2. The van der Waals surface area contributed by atoms with Gasteiger partial charge in [-0.1, -0.05) is 174 Å². The molecule has 62 heavy (non-hydrogen) atoms. The summed E-state index contributed by atoms with van der Waals surface area (Å²) < 4.78 is 34.0. The van der Waals surface area contributed by atoms with Crippen molar-refractivity contribution in [2.75, 3.05) is 32.1 Å². The third-order valence-electron chi connectivity index (χ3n) is 11.9. The molecule has 2 aliphatic rings. The number of hydrogen-bond donors (Lipinski definition) is 4. The van der Waals surface area contributed by atoms with Crippen molar-refractivity contribution in [3.63, 3.8) is 0 Å². The number of phosphoric acid groups is 1. The van der Waals surface area contributed by atoms with E-state index in [9.17, 15) is 28.6 Å². The Hall–Kier alpha value is -1.86. The second-order valence-electron chi connectivity index (χ2n) is 17.6. The van der Waals surface area contributed by atoms with Gasteiger partial charge in [0.05, 0.1) is 25.3 Å². The van der Waals surface area contributed by atoms with Crippen LogP contribution in [0.3, 0.4) is 0 Å². The van der Waals surface area contributed by atoms with Gasteiger partial charge in [0.15, 0.2) is 6.10 Å². The van der Waals surface area contributed by atoms with Crippen LogP contribution in [0.1, 0.15) is 219 Å². The van der Waals surface area contributed by atoms with Gasteiger partial charge in [-0.25, -0.2) is 9.36 Å². The molecule has 0 spiro atoms. The Labute approximate surface area is 380 Å². The molecule has 3 amide bonds. The van der Waals surface area contributed by atoms with Gasteiger partial charge in [-0.05, 0) is 25.7 Å². The summed E-state index contributed by atoms with van der Waals surface area (Å²) in [5.41, 5.74) is 0. The Morgan fingerprint density at radius 3 is 1.68 bits per heavy atom. The molecule has 0 aromatic heterocycles. The number of hydrogen-bond acceptors (Lipinski definition) is 10. The van der Waals surface area contributed by atoms with E-state index < -0.39 is 32.5 Å². The Balaban J connectivity index is 1.64. The van der Waals surface area contributed by atoms with Gasteiger partial charge >= 0.3 is 25.8 Å². The molecule has 13 nitrogen and oxygen atoms in total. The maximum Gasteiger partial charge on any atom is 0.472 e. The summed E-state index contributed by atoms with van der Waals surface area (Å²) >= 11 is 1.84. The number of amides is 3. The zero-order chi connectivity index (χ0) is 44.9. The van der Waals surface area contributed by atoms with Crippen LogP contribution in [0.25, 0.3) is 0 Å². The van der Waals surface area contributed by atoms with E-state index in [1.54, 1.807) is 0 Å². The van der Waals surface area contributed by atoms with Crippen molar-refractivity contribution in [3.05, 3.63) is 0 Å². The Bertz CT molecular complexity index is 1230. The quantitative estimate of drug-likeness (QED) is 0.0198. The van der Waals surface area contributed by atoms with Crippen molar-refractivity contribution < 1.29 is 47.2 Å². The molecule has 3 unspecified atom stereocenters. The number of fused-ring (bicyclic) bond motifs is 1. The fraction of sp³-hybridized carbons (Fsp3) is 0.915. The highest BCUT2D eigenvalue weighted by Crippen LogP contribution is 2.43. The van der Waals surface area contributed by atoms with Crippen molar-refractivity contribution in [2.45, 2.75) is 243 Å². The van der Waals surface area contributed by atoms with Gasteiger partial charge in [0, 0.05) is 36.8 Å². The van der Waals surface area contributed by atoms with Crippen LogP contribution >= 0.6 is 19.6 Å². The number of carbonyl (C=O) groups excluding carboxylic acids is 4. The van der Waals surface area contributed by atoms with E-state index in [4.69, 9.17) is 18.5 Å². The topological polar surface area (TPSA) is 179 Å². The average Bonchev–Trinajstić information content (AvgIpc) is 3.81. The van der Waals surface area contributed by atoms with Crippen LogP contribution in [-0.2, 0) is 37.5 Å². The Morgan fingerprint density at radius 2 is 1.15 bits per heavy atom. The number of urea groups is 1. The maximum absolute atomic E-state index is 12.8. The lowest BCUT2D eigenvalue weighted by atomic mass is 10.0. The fourth-order valence-electron chi connectivity index (χ4n) is 8.12. The molecule has 362 valence electrons. The van der Waals surface area contributed by atoms with Crippen molar-refractivity contribution in [3.8, 4) is 0 Å². The lowest BCUT2D eigenvalue weighted by Crippen LogP contribution is -2.36. The number of unbranched alkanes of at least 4 members (excludes halogenated alkanes) is 25. The fourth-order valence-corrected chi connectivity index (χ4v) is 10.4. The Kier molecular flexibility index (Phi) is 33.9. The second kappa shape index (κ2) is 37.4. The molecule has 2 heterocycles. The number of thioether (sulfide) groups is 1.